The SMILES string of the molecule is O=C(CCC[C@@H]1NC[C@@H]2CNC[C@H]1C2)NCCn1cncn1. The van der Waals surface area contributed by atoms with Crippen LogP contribution in [0.25, 0.3) is 0 Å². The first-order valence-corrected chi connectivity index (χ1v) is 8.34. The van der Waals surface area contributed by atoms with Gasteiger partial charge in [0.25, 0.3) is 0 Å². The Morgan fingerprint density at radius 3 is 3.18 bits per heavy atom. The molecule has 1 aromatic rings. The molecule has 2 fully saturated rings. The topological polar surface area (TPSA) is 83.9 Å². The van der Waals surface area contributed by atoms with Gasteiger partial charge in [-0.1, -0.05) is 0 Å². The van der Waals surface area contributed by atoms with Gasteiger partial charge in [0, 0.05) is 19.0 Å². The smallest absolute Gasteiger partial charge is 0.220 e. The predicted octanol–water partition coefficient (Wildman–Crippen LogP) is -0.238. The third-order valence-electron chi connectivity index (χ3n) is 4.76. The maximum absolute atomic E-state index is 11.8. The lowest BCUT2D eigenvalue weighted by molar-refractivity contribution is -0.121. The minimum atomic E-state index is 0.135. The van der Waals surface area contributed by atoms with E-state index in [2.05, 4.69) is 26.0 Å². The third kappa shape index (κ3) is 4.27. The lowest BCUT2D eigenvalue weighted by Gasteiger charge is -2.41. The second-order valence-corrected chi connectivity index (χ2v) is 6.44. The highest BCUT2D eigenvalue weighted by Gasteiger charge is 2.32. The summed E-state index contributed by atoms with van der Waals surface area (Å²) in [7, 11) is 0. The number of carbonyl (C=O) groups excluding carboxylic acids is 1. The van der Waals surface area contributed by atoms with Crippen molar-refractivity contribution < 1.29 is 4.79 Å². The van der Waals surface area contributed by atoms with E-state index in [-0.39, 0.29) is 5.91 Å². The normalized spacial score (nSPS) is 27.5. The Kier molecular flexibility index (Phi) is 5.39. The highest BCUT2D eigenvalue weighted by Crippen LogP contribution is 2.26. The summed E-state index contributed by atoms with van der Waals surface area (Å²) in [6, 6.07) is 0.576. The number of amides is 1. The van der Waals surface area contributed by atoms with E-state index in [0.717, 1.165) is 44.3 Å². The van der Waals surface area contributed by atoms with Crippen molar-refractivity contribution in [2.75, 3.05) is 26.2 Å². The van der Waals surface area contributed by atoms with E-state index in [9.17, 15) is 4.79 Å². The van der Waals surface area contributed by atoms with Crippen LogP contribution in [0.4, 0.5) is 0 Å². The second kappa shape index (κ2) is 7.69. The van der Waals surface area contributed by atoms with Gasteiger partial charge in [-0.15, -0.1) is 0 Å². The molecule has 0 aliphatic carbocycles. The van der Waals surface area contributed by atoms with Gasteiger partial charge in [-0.2, -0.15) is 5.10 Å². The average Bonchev–Trinajstić information content (AvgIpc) is 3.03. The number of nitrogens with zero attached hydrogens (tertiary/aromatic N) is 3. The molecule has 1 amide bonds. The van der Waals surface area contributed by atoms with E-state index < -0.39 is 0 Å². The lowest BCUT2D eigenvalue weighted by atomic mass is 9.80. The van der Waals surface area contributed by atoms with Gasteiger partial charge in [0.1, 0.15) is 12.7 Å². The number of carbonyl (C=O) groups is 1. The zero-order chi connectivity index (χ0) is 15.2. The average molecular weight is 306 g/mol. The number of aromatic nitrogens is 3. The van der Waals surface area contributed by atoms with Gasteiger partial charge in [-0.25, -0.2) is 4.98 Å². The number of fused-ring (bicyclic) bond motifs is 2. The van der Waals surface area contributed by atoms with E-state index in [1.54, 1.807) is 11.0 Å². The van der Waals surface area contributed by atoms with Crippen LogP contribution in [0, 0.1) is 11.8 Å². The summed E-state index contributed by atoms with van der Waals surface area (Å²) < 4.78 is 1.72. The highest BCUT2D eigenvalue weighted by atomic mass is 16.1. The van der Waals surface area contributed by atoms with Crippen molar-refractivity contribution in [2.24, 2.45) is 11.8 Å². The molecule has 3 rings (SSSR count). The van der Waals surface area contributed by atoms with Crippen molar-refractivity contribution in [1.29, 1.82) is 0 Å². The largest absolute Gasteiger partial charge is 0.354 e. The van der Waals surface area contributed by atoms with Crippen LogP contribution < -0.4 is 16.0 Å². The molecular formula is C15H26N6O. The molecule has 22 heavy (non-hydrogen) atoms. The van der Waals surface area contributed by atoms with E-state index in [1.807, 2.05) is 0 Å². The lowest BCUT2D eigenvalue weighted by Crippen LogP contribution is -2.54. The Hall–Kier alpha value is -1.47. The van der Waals surface area contributed by atoms with Crippen LogP contribution in [-0.4, -0.2) is 52.9 Å². The first-order valence-electron chi connectivity index (χ1n) is 8.34. The Balaban J connectivity index is 1.28. The molecule has 3 atom stereocenters. The number of piperidine rings is 2. The maximum Gasteiger partial charge on any atom is 0.220 e. The van der Waals surface area contributed by atoms with Gasteiger partial charge in [0.2, 0.25) is 5.91 Å². The Labute approximate surface area is 131 Å². The first-order chi connectivity index (χ1) is 10.8. The van der Waals surface area contributed by atoms with E-state index in [4.69, 9.17) is 0 Å². The molecule has 2 bridgehead atoms. The van der Waals surface area contributed by atoms with Gasteiger partial charge in [0.15, 0.2) is 0 Å². The molecule has 0 spiro atoms. The summed E-state index contributed by atoms with van der Waals surface area (Å²) in [5.41, 5.74) is 0. The van der Waals surface area contributed by atoms with Crippen LogP contribution >= 0.6 is 0 Å². The Morgan fingerprint density at radius 1 is 1.36 bits per heavy atom. The molecular weight excluding hydrogens is 280 g/mol. The summed E-state index contributed by atoms with van der Waals surface area (Å²) in [5, 5.41) is 14.1. The Bertz CT molecular complexity index is 463. The fourth-order valence-corrected chi connectivity index (χ4v) is 3.58. The molecule has 2 aliphatic heterocycles. The van der Waals surface area contributed by atoms with Gasteiger partial charge in [-0.05, 0) is 50.7 Å². The number of nitrogens with one attached hydrogen (secondary N) is 3. The van der Waals surface area contributed by atoms with Crippen LogP contribution in [0.1, 0.15) is 25.7 Å². The summed E-state index contributed by atoms with van der Waals surface area (Å²) in [5.74, 6) is 1.67. The van der Waals surface area contributed by atoms with E-state index >= 15 is 0 Å². The van der Waals surface area contributed by atoms with Gasteiger partial charge in [0.05, 0.1) is 6.54 Å². The zero-order valence-electron chi connectivity index (χ0n) is 13.0. The summed E-state index contributed by atoms with van der Waals surface area (Å²) in [4.78, 5) is 15.7. The van der Waals surface area contributed by atoms with E-state index in [1.165, 1.54) is 12.7 Å². The molecule has 122 valence electrons. The van der Waals surface area contributed by atoms with Crippen LogP contribution in [0.3, 0.4) is 0 Å². The standard InChI is InChI=1S/C15H26N6O/c22-15(18-4-5-21-11-17-10-20-21)3-1-2-14-13-6-12(8-19-14)7-16-9-13/h10-14,16,19H,1-9H2,(H,18,22)/t12-,13+,14-/m0/s1. The minimum absolute atomic E-state index is 0.135. The molecule has 2 saturated heterocycles. The highest BCUT2D eigenvalue weighted by molar-refractivity contribution is 5.75. The minimum Gasteiger partial charge on any atom is -0.354 e. The first kappa shape index (κ1) is 15.4. The summed E-state index contributed by atoms with van der Waals surface area (Å²) in [6.07, 6.45) is 7.16. The quantitative estimate of drug-likeness (QED) is 0.648. The third-order valence-corrected chi connectivity index (χ3v) is 4.76. The molecule has 2 aliphatic rings. The van der Waals surface area contributed by atoms with Crippen molar-refractivity contribution >= 4 is 5.91 Å². The second-order valence-electron chi connectivity index (χ2n) is 6.44. The van der Waals surface area contributed by atoms with Crippen LogP contribution in [0.5, 0.6) is 0 Å². The molecule has 0 unspecified atom stereocenters. The molecule has 0 saturated carbocycles. The molecule has 7 heteroatoms. The molecule has 1 aromatic heterocycles. The molecule has 0 radical (unpaired) electrons. The number of hydrogen-bond acceptors (Lipinski definition) is 5. The number of hydrogen-bond donors (Lipinski definition) is 3. The van der Waals surface area contributed by atoms with Crippen molar-refractivity contribution in [3.05, 3.63) is 12.7 Å². The van der Waals surface area contributed by atoms with E-state index in [0.29, 0.717) is 25.6 Å². The predicted molar refractivity (Wildman–Crippen MR) is 83.1 cm³/mol. The van der Waals surface area contributed by atoms with Gasteiger partial charge < -0.3 is 16.0 Å². The fourth-order valence-electron chi connectivity index (χ4n) is 3.58. The van der Waals surface area contributed by atoms with Crippen molar-refractivity contribution in [1.82, 2.24) is 30.7 Å². The van der Waals surface area contributed by atoms with Gasteiger partial charge >= 0.3 is 0 Å². The van der Waals surface area contributed by atoms with Crippen molar-refractivity contribution in [2.45, 2.75) is 38.3 Å². The number of rotatable bonds is 7. The monoisotopic (exact) mass is 306 g/mol. The van der Waals surface area contributed by atoms with Crippen LogP contribution in [0.15, 0.2) is 12.7 Å². The van der Waals surface area contributed by atoms with Crippen LogP contribution in [-0.2, 0) is 11.3 Å². The zero-order valence-corrected chi connectivity index (χ0v) is 13.0. The summed E-state index contributed by atoms with van der Waals surface area (Å²) in [6.45, 7) is 4.68. The fraction of sp³-hybridized carbons (Fsp3) is 0.800. The molecule has 0 aromatic carbocycles. The Morgan fingerprint density at radius 2 is 2.32 bits per heavy atom. The molecule has 3 N–H and O–H groups in total. The van der Waals surface area contributed by atoms with Crippen molar-refractivity contribution in [3.8, 4) is 0 Å². The van der Waals surface area contributed by atoms with Crippen molar-refractivity contribution in [3.63, 3.8) is 0 Å². The summed E-state index contributed by atoms with van der Waals surface area (Å²) >= 11 is 0. The van der Waals surface area contributed by atoms with Crippen LogP contribution in [0.2, 0.25) is 0 Å². The maximum atomic E-state index is 11.8. The molecule has 3 heterocycles. The van der Waals surface area contributed by atoms with Gasteiger partial charge in [-0.3, -0.25) is 9.48 Å². The molecule has 7 nitrogen and oxygen atoms in total.